The minimum Gasteiger partial charge on any atom is -0.493 e. The Balaban J connectivity index is 2.66. The van der Waals surface area contributed by atoms with E-state index in [1.54, 1.807) is 45.0 Å². The van der Waals surface area contributed by atoms with E-state index >= 15 is 0 Å². The lowest BCUT2D eigenvalue weighted by Gasteiger charge is -2.20. The van der Waals surface area contributed by atoms with Crippen molar-refractivity contribution in [1.82, 2.24) is 10.6 Å². The maximum Gasteiger partial charge on any atom is 0.326 e. The number of hydrogen-bond acceptors (Lipinski definition) is 6. The predicted molar refractivity (Wildman–Crippen MR) is 92.4 cm³/mol. The molecule has 0 saturated carbocycles. The Morgan fingerprint density at radius 2 is 1.81 bits per heavy atom. The van der Waals surface area contributed by atoms with Gasteiger partial charge >= 0.3 is 12.0 Å². The van der Waals surface area contributed by atoms with Crippen LogP contribution in [0.2, 0.25) is 0 Å². The van der Waals surface area contributed by atoms with Crippen molar-refractivity contribution in [1.29, 1.82) is 0 Å². The molecule has 4 amide bonds. The summed E-state index contributed by atoms with van der Waals surface area (Å²) >= 11 is 0. The van der Waals surface area contributed by atoms with Crippen LogP contribution < -0.4 is 21.1 Å². The molecule has 0 aliphatic carbocycles. The van der Waals surface area contributed by atoms with Crippen molar-refractivity contribution in [3.8, 4) is 5.75 Å². The minimum atomic E-state index is -1.21. The van der Waals surface area contributed by atoms with Crippen LogP contribution in [0.5, 0.6) is 5.75 Å². The summed E-state index contributed by atoms with van der Waals surface area (Å²) < 4.78 is 10.4. The first-order chi connectivity index (χ1) is 12.3. The van der Waals surface area contributed by atoms with E-state index in [9.17, 15) is 19.2 Å². The van der Waals surface area contributed by atoms with Gasteiger partial charge in [0.1, 0.15) is 12.3 Å². The number of hydrogen-bond donors (Lipinski definition) is 3. The number of esters is 1. The summed E-state index contributed by atoms with van der Waals surface area (Å²) in [5, 5.41) is 4.27. The number of nitrogens with one attached hydrogen (secondary N) is 2. The fraction of sp³-hybridized carbons (Fsp3) is 0.412. The number of benzene rings is 1. The maximum absolute atomic E-state index is 12.2. The van der Waals surface area contributed by atoms with Crippen molar-refractivity contribution >= 4 is 23.8 Å². The number of imide groups is 1. The number of para-hydroxylation sites is 1. The fourth-order valence-corrected chi connectivity index (χ4v) is 2.05. The Morgan fingerprint density at radius 1 is 1.15 bits per heavy atom. The first-order valence-corrected chi connectivity index (χ1v) is 8.06. The maximum atomic E-state index is 12.2. The molecule has 1 aromatic carbocycles. The third-order valence-electron chi connectivity index (χ3n) is 3.19. The lowest BCUT2D eigenvalue weighted by Crippen LogP contribution is -2.46. The summed E-state index contributed by atoms with van der Waals surface area (Å²) in [5.41, 5.74) is 5.16. The number of primary amides is 1. The van der Waals surface area contributed by atoms with Gasteiger partial charge < -0.3 is 20.5 Å². The van der Waals surface area contributed by atoms with E-state index in [-0.39, 0.29) is 5.56 Å². The highest BCUT2D eigenvalue weighted by atomic mass is 16.5. The van der Waals surface area contributed by atoms with Crippen LogP contribution in [-0.2, 0) is 14.3 Å². The van der Waals surface area contributed by atoms with Crippen molar-refractivity contribution in [3.63, 3.8) is 0 Å². The topological polar surface area (TPSA) is 137 Å². The molecule has 4 N–H and O–H groups in total. The van der Waals surface area contributed by atoms with Crippen molar-refractivity contribution in [2.24, 2.45) is 11.7 Å². The third kappa shape index (κ3) is 6.42. The van der Waals surface area contributed by atoms with Crippen LogP contribution in [0.4, 0.5) is 4.79 Å². The van der Waals surface area contributed by atoms with Crippen LogP contribution in [0.3, 0.4) is 0 Å². The van der Waals surface area contributed by atoms with E-state index in [1.165, 1.54) is 0 Å². The fourth-order valence-electron chi connectivity index (χ4n) is 2.05. The zero-order valence-corrected chi connectivity index (χ0v) is 14.9. The van der Waals surface area contributed by atoms with Crippen molar-refractivity contribution in [2.75, 3.05) is 13.2 Å². The molecule has 0 heterocycles. The number of nitrogens with two attached hydrogens (primary N) is 1. The van der Waals surface area contributed by atoms with Crippen LogP contribution in [0.25, 0.3) is 0 Å². The summed E-state index contributed by atoms with van der Waals surface area (Å²) in [7, 11) is 0. The number of carbonyl (C=O) groups is 4. The molecule has 0 aromatic heterocycles. The Morgan fingerprint density at radius 3 is 2.38 bits per heavy atom. The second kappa shape index (κ2) is 10.0. The molecular weight excluding hydrogens is 342 g/mol. The first kappa shape index (κ1) is 20.9. The largest absolute Gasteiger partial charge is 0.493 e. The highest BCUT2D eigenvalue weighted by Gasteiger charge is 2.27. The molecule has 9 heteroatoms. The standard InChI is InChI=1S/C17H23N3O6/c1-4-25-12-8-6-5-7-11(12)15(22)19-9-13(21)26-14(10(2)3)16(23)20-17(18)24/h5-8,10,14H,4,9H2,1-3H3,(H,19,22)(H3,18,20,23,24)/t14-/m0/s1. The Kier molecular flexibility index (Phi) is 8.07. The van der Waals surface area contributed by atoms with Crippen molar-refractivity contribution < 1.29 is 28.7 Å². The third-order valence-corrected chi connectivity index (χ3v) is 3.19. The van der Waals surface area contributed by atoms with Gasteiger partial charge in [-0.25, -0.2) is 4.79 Å². The number of carbonyl (C=O) groups excluding carboxylic acids is 4. The Bertz CT molecular complexity index is 674. The lowest BCUT2D eigenvalue weighted by atomic mass is 10.1. The highest BCUT2D eigenvalue weighted by Crippen LogP contribution is 2.17. The average molecular weight is 365 g/mol. The zero-order chi connectivity index (χ0) is 19.7. The number of amides is 4. The van der Waals surface area contributed by atoms with Crippen LogP contribution in [0.15, 0.2) is 24.3 Å². The van der Waals surface area contributed by atoms with Crippen LogP contribution in [0.1, 0.15) is 31.1 Å². The summed E-state index contributed by atoms with van der Waals surface area (Å²) in [4.78, 5) is 46.7. The molecule has 26 heavy (non-hydrogen) atoms. The van der Waals surface area contributed by atoms with E-state index in [1.807, 2.05) is 5.32 Å². The summed E-state index contributed by atoms with van der Waals surface area (Å²) in [6.07, 6.45) is -1.21. The summed E-state index contributed by atoms with van der Waals surface area (Å²) in [6, 6.07) is 5.54. The molecule has 0 aliphatic heterocycles. The highest BCUT2D eigenvalue weighted by molar-refractivity contribution is 5.99. The molecule has 1 atom stereocenters. The zero-order valence-electron chi connectivity index (χ0n) is 14.9. The van der Waals surface area contributed by atoms with Gasteiger partial charge in [0, 0.05) is 0 Å². The van der Waals surface area contributed by atoms with Gasteiger partial charge in [0.15, 0.2) is 6.10 Å². The van der Waals surface area contributed by atoms with E-state index < -0.39 is 42.4 Å². The molecule has 0 unspecified atom stereocenters. The number of urea groups is 1. The SMILES string of the molecule is CCOc1ccccc1C(=O)NCC(=O)O[C@H](C(=O)NC(N)=O)C(C)C. The van der Waals surface area contributed by atoms with Crippen LogP contribution in [0, 0.1) is 5.92 Å². The van der Waals surface area contributed by atoms with Crippen LogP contribution >= 0.6 is 0 Å². The van der Waals surface area contributed by atoms with Gasteiger partial charge in [0.25, 0.3) is 11.8 Å². The summed E-state index contributed by atoms with van der Waals surface area (Å²) in [5.74, 6) is -2.18. The molecule has 0 radical (unpaired) electrons. The average Bonchev–Trinajstić information content (AvgIpc) is 2.57. The molecule has 1 rings (SSSR count). The van der Waals surface area contributed by atoms with E-state index in [0.717, 1.165) is 0 Å². The van der Waals surface area contributed by atoms with E-state index in [2.05, 4.69) is 5.32 Å². The van der Waals surface area contributed by atoms with E-state index in [0.29, 0.717) is 12.4 Å². The van der Waals surface area contributed by atoms with E-state index in [4.69, 9.17) is 15.2 Å². The molecule has 0 fully saturated rings. The first-order valence-electron chi connectivity index (χ1n) is 8.06. The Labute approximate surface area is 151 Å². The van der Waals surface area contributed by atoms with Gasteiger partial charge in [-0.2, -0.15) is 0 Å². The van der Waals surface area contributed by atoms with Gasteiger partial charge in [0.2, 0.25) is 0 Å². The van der Waals surface area contributed by atoms with Gasteiger partial charge in [-0.05, 0) is 25.0 Å². The number of rotatable bonds is 8. The second-order valence-corrected chi connectivity index (χ2v) is 5.62. The minimum absolute atomic E-state index is 0.272. The molecule has 0 saturated heterocycles. The molecular formula is C17H23N3O6. The van der Waals surface area contributed by atoms with Gasteiger partial charge in [-0.1, -0.05) is 26.0 Å². The molecule has 0 bridgehead atoms. The Hall–Kier alpha value is -3.10. The van der Waals surface area contributed by atoms with Gasteiger partial charge in [0.05, 0.1) is 12.2 Å². The quantitative estimate of drug-likeness (QED) is 0.576. The normalized spacial score (nSPS) is 11.4. The molecule has 1 aromatic rings. The molecule has 9 nitrogen and oxygen atoms in total. The predicted octanol–water partition coefficient (Wildman–Crippen LogP) is 0.578. The lowest BCUT2D eigenvalue weighted by molar-refractivity contribution is -0.157. The second-order valence-electron chi connectivity index (χ2n) is 5.62. The summed E-state index contributed by atoms with van der Waals surface area (Å²) in [6.45, 7) is 4.99. The monoisotopic (exact) mass is 365 g/mol. The smallest absolute Gasteiger partial charge is 0.326 e. The molecule has 0 spiro atoms. The van der Waals surface area contributed by atoms with Crippen LogP contribution in [-0.4, -0.2) is 43.1 Å². The van der Waals surface area contributed by atoms with Gasteiger partial charge in [-0.15, -0.1) is 0 Å². The van der Waals surface area contributed by atoms with Crippen molar-refractivity contribution in [2.45, 2.75) is 26.9 Å². The van der Waals surface area contributed by atoms with Crippen molar-refractivity contribution in [3.05, 3.63) is 29.8 Å². The molecule has 0 aliphatic rings. The van der Waals surface area contributed by atoms with Gasteiger partial charge in [-0.3, -0.25) is 19.7 Å². The molecule has 142 valence electrons. The number of ether oxygens (including phenoxy) is 2.